The maximum atomic E-state index is 13.8. The van der Waals surface area contributed by atoms with Crippen molar-refractivity contribution in [2.24, 2.45) is 0 Å². The van der Waals surface area contributed by atoms with Crippen LogP contribution in [0.2, 0.25) is 0 Å². The second-order valence-electron chi connectivity index (χ2n) is 11.1. The van der Waals surface area contributed by atoms with Gasteiger partial charge in [-0.1, -0.05) is 51.1 Å². The number of sulfonamides is 1. The summed E-state index contributed by atoms with van der Waals surface area (Å²) in [5.41, 5.74) is 2.00. The van der Waals surface area contributed by atoms with Gasteiger partial charge in [0.1, 0.15) is 0 Å². The van der Waals surface area contributed by atoms with Crippen molar-refractivity contribution in [2.75, 3.05) is 13.1 Å². The standard InChI is InChI=1S/C29H33F3N2O3S2/c1-19(2)34(39(36,37)23-8-6-7-22(17-23)29(30,31)32)18-26(35)33-15-13-25-24(14-16-38-25)27(33)20-9-11-21(12-10-20)28(3,4)5/h6-12,14,16-17,19,27H,13,15,18H2,1-5H3. The van der Waals surface area contributed by atoms with Crippen LogP contribution in [0.15, 0.2) is 64.9 Å². The van der Waals surface area contributed by atoms with Crippen molar-refractivity contribution >= 4 is 27.3 Å². The van der Waals surface area contributed by atoms with Crippen LogP contribution in [0.25, 0.3) is 0 Å². The van der Waals surface area contributed by atoms with Gasteiger partial charge in [-0.05, 0) is 72.0 Å². The third kappa shape index (κ3) is 6.07. The molecular weight excluding hydrogens is 545 g/mol. The third-order valence-corrected chi connectivity index (χ3v) is 10.0. The number of benzene rings is 2. The van der Waals surface area contributed by atoms with Gasteiger partial charge in [0.05, 0.1) is 23.0 Å². The number of nitrogens with zero attached hydrogens (tertiary/aromatic N) is 2. The van der Waals surface area contributed by atoms with Crippen molar-refractivity contribution in [3.05, 3.63) is 87.1 Å². The van der Waals surface area contributed by atoms with Gasteiger partial charge in [0, 0.05) is 17.5 Å². The fraction of sp³-hybridized carbons (Fsp3) is 0.414. The van der Waals surface area contributed by atoms with Crippen LogP contribution >= 0.6 is 11.3 Å². The Hall–Kier alpha value is -2.69. The first kappa shape index (κ1) is 29.3. The first-order valence-corrected chi connectivity index (χ1v) is 15.1. The molecule has 0 fully saturated rings. The molecule has 5 nitrogen and oxygen atoms in total. The van der Waals surface area contributed by atoms with E-state index in [4.69, 9.17) is 0 Å². The number of hydrogen-bond donors (Lipinski definition) is 0. The molecule has 1 unspecified atom stereocenters. The molecule has 0 spiro atoms. The Balaban J connectivity index is 1.67. The molecule has 2 aromatic carbocycles. The number of amides is 1. The molecule has 0 saturated carbocycles. The lowest BCUT2D eigenvalue weighted by molar-refractivity contribution is -0.137. The number of carbonyl (C=O) groups is 1. The predicted octanol–water partition coefficient (Wildman–Crippen LogP) is 6.64. The summed E-state index contributed by atoms with van der Waals surface area (Å²) in [4.78, 5) is 16.2. The third-order valence-electron chi connectivity index (χ3n) is 7.01. The summed E-state index contributed by atoms with van der Waals surface area (Å²) < 4.78 is 67.8. The van der Waals surface area contributed by atoms with E-state index in [1.54, 1.807) is 30.1 Å². The zero-order chi connectivity index (χ0) is 28.8. The van der Waals surface area contributed by atoms with E-state index in [-0.39, 0.29) is 11.5 Å². The molecule has 1 aromatic heterocycles. The van der Waals surface area contributed by atoms with Gasteiger partial charge >= 0.3 is 6.18 Å². The number of hydrogen-bond acceptors (Lipinski definition) is 4. The largest absolute Gasteiger partial charge is 0.416 e. The van der Waals surface area contributed by atoms with Gasteiger partial charge in [-0.25, -0.2) is 8.42 Å². The molecule has 1 atom stereocenters. The molecule has 2 heterocycles. The van der Waals surface area contributed by atoms with Crippen LogP contribution in [0, 0.1) is 0 Å². The Morgan fingerprint density at radius 3 is 2.31 bits per heavy atom. The summed E-state index contributed by atoms with van der Waals surface area (Å²) in [6.07, 6.45) is -4.04. The van der Waals surface area contributed by atoms with Crippen LogP contribution in [-0.2, 0) is 32.8 Å². The molecule has 0 radical (unpaired) electrons. The summed E-state index contributed by atoms with van der Waals surface area (Å²) in [5, 5.41) is 1.99. The minimum Gasteiger partial charge on any atom is -0.330 e. The Morgan fingerprint density at radius 2 is 1.72 bits per heavy atom. The van der Waals surface area contributed by atoms with Crippen LogP contribution in [0.1, 0.15) is 67.8 Å². The van der Waals surface area contributed by atoms with Crippen LogP contribution in [0.3, 0.4) is 0 Å². The number of fused-ring (bicyclic) bond motifs is 1. The quantitative estimate of drug-likeness (QED) is 0.330. The molecule has 0 saturated heterocycles. The first-order valence-electron chi connectivity index (χ1n) is 12.8. The van der Waals surface area contributed by atoms with E-state index in [0.717, 1.165) is 39.2 Å². The van der Waals surface area contributed by atoms with E-state index in [1.807, 2.05) is 23.6 Å². The Morgan fingerprint density at radius 1 is 1.05 bits per heavy atom. The molecule has 4 rings (SSSR count). The number of halogens is 3. The topological polar surface area (TPSA) is 57.7 Å². The first-order chi connectivity index (χ1) is 18.1. The van der Waals surface area contributed by atoms with Gasteiger partial charge in [0.25, 0.3) is 0 Å². The normalized spacial score (nSPS) is 16.6. The second-order valence-corrected chi connectivity index (χ2v) is 14.0. The monoisotopic (exact) mass is 578 g/mol. The SMILES string of the molecule is CC(C)N(CC(=O)N1CCc2sccc2C1c1ccc(C(C)(C)C)cc1)S(=O)(=O)c1cccc(C(F)(F)F)c1. The highest BCUT2D eigenvalue weighted by atomic mass is 32.2. The molecular formula is C29H33F3N2O3S2. The van der Waals surface area contributed by atoms with E-state index in [0.29, 0.717) is 19.0 Å². The number of thiophene rings is 1. The molecule has 0 bridgehead atoms. The summed E-state index contributed by atoms with van der Waals surface area (Å²) in [6, 6.07) is 12.7. The molecule has 39 heavy (non-hydrogen) atoms. The van der Waals surface area contributed by atoms with Gasteiger partial charge in [0.2, 0.25) is 15.9 Å². The predicted molar refractivity (Wildman–Crippen MR) is 147 cm³/mol. The summed E-state index contributed by atoms with van der Waals surface area (Å²) >= 11 is 1.63. The van der Waals surface area contributed by atoms with Gasteiger partial charge in [-0.2, -0.15) is 17.5 Å². The van der Waals surface area contributed by atoms with Gasteiger partial charge in [-0.15, -0.1) is 11.3 Å². The Bertz CT molecular complexity index is 1440. The maximum Gasteiger partial charge on any atom is 0.416 e. The Kier molecular flexibility index (Phi) is 8.04. The fourth-order valence-electron chi connectivity index (χ4n) is 4.85. The zero-order valence-corrected chi connectivity index (χ0v) is 24.3. The molecule has 210 valence electrons. The van der Waals surface area contributed by atoms with E-state index >= 15 is 0 Å². The minimum absolute atomic E-state index is 0.0380. The molecule has 10 heteroatoms. The number of carbonyl (C=O) groups excluding carboxylic acids is 1. The van der Waals surface area contributed by atoms with Gasteiger partial charge < -0.3 is 4.90 Å². The average Bonchev–Trinajstić information content (AvgIpc) is 3.34. The maximum absolute atomic E-state index is 13.8. The van der Waals surface area contributed by atoms with Gasteiger partial charge in [-0.3, -0.25) is 4.79 Å². The lowest BCUT2D eigenvalue weighted by Gasteiger charge is -2.38. The van der Waals surface area contributed by atoms with E-state index < -0.39 is 45.2 Å². The zero-order valence-electron chi connectivity index (χ0n) is 22.6. The van der Waals surface area contributed by atoms with Crippen LogP contribution < -0.4 is 0 Å². The lowest BCUT2D eigenvalue weighted by atomic mass is 9.85. The second kappa shape index (κ2) is 10.7. The number of alkyl halides is 3. The molecule has 3 aromatic rings. The minimum atomic E-state index is -4.69. The van der Waals surface area contributed by atoms with Crippen LogP contribution in [0.4, 0.5) is 13.2 Å². The van der Waals surface area contributed by atoms with E-state index in [2.05, 4.69) is 32.9 Å². The Labute approximate surface area is 232 Å². The van der Waals surface area contributed by atoms with Crippen LogP contribution in [0.5, 0.6) is 0 Å². The number of rotatable bonds is 6. The lowest BCUT2D eigenvalue weighted by Crippen LogP contribution is -2.48. The summed E-state index contributed by atoms with van der Waals surface area (Å²) in [6.45, 7) is 9.52. The summed E-state index contributed by atoms with van der Waals surface area (Å²) in [7, 11) is -4.38. The molecule has 1 amide bonds. The van der Waals surface area contributed by atoms with Crippen molar-refractivity contribution < 1.29 is 26.4 Å². The van der Waals surface area contributed by atoms with Crippen LogP contribution in [-0.4, -0.2) is 42.7 Å². The van der Waals surface area contributed by atoms with Crippen molar-refractivity contribution in [2.45, 2.75) is 69.6 Å². The average molecular weight is 579 g/mol. The van der Waals surface area contributed by atoms with Crippen molar-refractivity contribution in [3.63, 3.8) is 0 Å². The summed E-state index contributed by atoms with van der Waals surface area (Å²) in [5.74, 6) is -0.402. The van der Waals surface area contributed by atoms with E-state index in [1.165, 1.54) is 4.88 Å². The molecule has 0 aliphatic carbocycles. The van der Waals surface area contributed by atoms with E-state index in [9.17, 15) is 26.4 Å². The van der Waals surface area contributed by atoms with Crippen molar-refractivity contribution in [3.8, 4) is 0 Å². The molecule has 1 aliphatic heterocycles. The van der Waals surface area contributed by atoms with Crippen molar-refractivity contribution in [1.82, 2.24) is 9.21 Å². The smallest absolute Gasteiger partial charge is 0.330 e. The highest BCUT2D eigenvalue weighted by Gasteiger charge is 2.38. The molecule has 0 N–H and O–H groups in total. The molecule has 1 aliphatic rings. The highest BCUT2D eigenvalue weighted by Crippen LogP contribution is 2.39. The fourth-order valence-corrected chi connectivity index (χ4v) is 7.38. The van der Waals surface area contributed by atoms with Crippen molar-refractivity contribution in [1.29, 1.82) is 0 Å². The van der Waals surface area contributed by atoms with Gasteiger partial charge in [0.15, 0.2) is 0 Å². The highest BCUT2D eigenvalue weighted by molar-refractivity contribution is 7.89.